The number of rotatable bonds is 6. The lowest BCUT2D eigenvalue weighted by Crippen LogP contribution is -2.44. The number of hydrogen-bond donors (Lipinski definition) is 0. The highest BCUT2D eigenvalue weighted by Crippen LogP contribution is 2.44. The quantitative estimate of drug-likeness (QED) is 0.648. The molecule has 0 N–H and O–H groups in total. The van der Waals surface area contributed by atoms with Crippen molar-refractivity contribution in [3.8, 4) is 11.5 Å². The van der Waals surface area contributed by atoms with Gasteiger partial charge in [0.25, 0.3) is 0 Å². The van der Waals surface area contributed by atoms with Crippen molar-refractivity contribution < 1.29 is 27.4 Å². The number of aryl methyl sites for hydroxylation is 1. The number of likely N-dealkylation sites (tertiary alicyclic amines) is 1. The lowest BCUT2D eigenvalue weighted by molar-refractivity contribution is -0.153. The average molecular weight is 413 g/mol. The molecule has 4 nitrogen and oxygen atoms in total. The lowest BCUT2D eigenvalue weighted by Gasteiger charge is -2.44. The Balaban J connectivity index is 1.50. The average Bonchev–Trinajstić information content (AvgIpc) is 2.71. The molecule has 2 aliphatic rings. The lowest BCUT2D eigenvalue weighted by atomic mass is 9.68. The summed E-state index contributed by atoms with van der Waals surface area (Å²) in [6.45, 7) is 0.316. The number of alkyl halides is 3. The highest BCUT2D eigenvalue weighted by molar-refractivity contribution is 5.76. The Kier molecular flexibility index (Phi) is 6.96. The fraction of sp³-hybridized carbons (Fsp3) is 0.682. The van der Waals surface area contributed by atoms with Crippen molar-refractivity contribution in [2.75, 3.05) is 26.8 Å². The third kappa shape index (κ3) is 6.03. The molecule has 1 aromatic rings. The molecule has 7 heteroatoms. The second-order valence-corrected chi connectivity index (χ2v) is 8.33. The molecule has 1 aromatic carbocycles. The van der Waals surface area contributed by atoms with Crippen LogP contribution in [0.15, 0.2) is 18.2 Å². The van der Waals surface area contributed by atoms with Crippen LogP contribution in [0.3, 0.4) is 0 Å². The molecular formula is C22H30F3NO3. The highest BCUT2D eigenvalue weighted by Gasteiger charge is 2.36. The Labute approximate surface area is 170 Å². The number of methoxy groups -OCH3 is 1. The maximum absolute atomic E-state index is 12.6. The predicted octanol–water partition coefficient (Wildman–Crippen LogP) is 5.14. The Bertz CT molecular complexity index is 689. The molecule has 1 saturated heterocycles. The minimum absolute atomic E-state index is 0.0497. The molecule has 162 valence electrons. The van der Waals surface area contributed by atoms with Crippen LogP contribution in [0.2, 0.25) is 0 Å². The van der Waals surface area contributed by atoms with Gasteiger partial charge in [-0.05, 0) is 55.2 Å². The standard InChI is InChI=1S/C22H30F3NO3/c1-28-19-15-17(5-7-18(19)29-16-22(23,24)25)6-8-20(27)26-13-11-21(12-14-26)9-3-2-4-10-21/h5,7,15H,2-4,6,8-14,16H2,1H3. The number of carbonyl (C=O) groups is 1. The van der Waals surface area contributed by atoms with Gasteiger partial charge in [0.1, 0.15) is 0 Å². The Morgan fingerprint density at radius 3 is 2.38 bits per heavy atom. The van der Waals surface area contributed by atoms with Crippen LogP contribution in [0.25, 0.3) is 0 Å². The fourth-order valence-corrected chi connectivity index (χ4v) is 4.59. The number of halogens is 3. The summed E-state index contributed by atoms with van der Waals surface area (Å²) in [7, 11) is 1.39. The van der Waals surface area contributed by atoms with Crippen molar-refractivity contribution >= 4 is 5.91 Å². The van der Waals surface area contributed by atoms with Crippen LogP contribution in [-0.4, -0.2) is 43.8 Å². The predicted molar refractivity (Wildman–Crippen MR) is 104 cm³/mol. The summed E-state index contributed by atoms with van der Waals surface area (Å²) in [6, 6.07) is 4.80. The van der Waals surface area contributed by atoms with Gasteiger partial charge in [0.15, 0.2) is 18.1 Å². The minimum atomic E-state index is -4.40. The van der Waals surface area contributed by atoms with Crippen molar-refractivity contribution in [1.29, 1.82) is 0 Å². The molecule has 1 heterocycles. The van der Waals surface area contributed by atoms with Gasteiger partial charge in [-0.15, -0.1) is 0 Å². The molecule has 29 heavy (non-hydrogen) atoms. The Morgan fingerprint density at radius 1 is 1.07 bits per heavy atom. The number of carbonyl (C=O) groups excluding carboxylic acids is 1. The number of amides is 1. The van der Waals surface area contributed by atoms with E-state index >= 15 is 0 Å². The molecule has 0 aromatic heterocycles. The molecule has 2 fully saturated rings. The first-order valence-electron chi connectivity index (χ1n) is 10.4. The van der Waals surface area contributed by atoms with Crippen LogP contribution < -0.4 is 9.47 Å². The number of ether oxygens (including phenoxy) is 2. The summed E-state index contributed by atoms with van der Waals surface area (Å²) in [6.07, 6.45) is 5.31. The minimum Gasteiger partial charge on any atom is -0.493 e. The van der Waals surface area contributed by atoms with Crippen molar-refractivity contribution in [3.63, 3.8) is 0 Å². The van der Waals surface area contributed by atoms with Gasteiger partial charge in [0.2, 0.25) is 5.91 Å². The normalized spacial score (nSPS) is 19.2. The van der Waals surface area contributed by atoms with E-state index in [1.165, 1.54) is 45.3 Å². The van der Waals surface area contributed by atoms with Crippen molar-refractivity contribution in [1.82, 2.24) is 4.90 Å². The number of nitrogens with zero attached hydrogens (tertiary/aromatic N) is 1. The van der Waals surface area contributed by atoms with E-state index in [0.29, 0.717) is 18.3 Å². The van der Waals surface area contributed by atoms with Crippen molar-refractivity contribution in [2.24, 2.45) is 5.41 Å². The molecule has 3 rings (SSSR count). The van der Waals surface area contributed by atoms with Gasteiger partial charge in [-0.3, -0.25) is 4.79 Å². The summed E-state index contributed by atoms with van der Waals surface area (Å²) in [5.41, 5.74) is 1.31. The van der Waals surface area contributed by atoms with Gasteiger partial charge in [0.05, 0.1) is 7.11 Å². The SMILES string of the molecule is COc1cc(CCC(=O)N2CCC3(CCCCC3)CC2)ccc1OCC(F)(F)F. The summed E-state index contributed by atoms with van der Waals surface area (Å²) in [4.78, 5) is 14.6. The summed E-state index contributed by atoms with van der Waals surface area (Å²) < 4.78 is 47.0. The van der Waals surface area contributed by atoms with E-state index in [1.807, 2.05) is 4.90 Å². The summed E-state index contributed by atoms with van der Waals surface area (Å²) in [5.74, 6) is 0.442. The van der Waals surface area contributed by atoms with Crippen LogP contribution in [0, 0.1) is 5.41 Å². The third-order valence-corrected chi connectivity index (χ3v) is 6.34. The van der Waals surface area contributed by atoms with Crippen LogP contribution in [0.4, 0.5) is 13.2 Å². The maximum atomic E-state index is 12.6. The zero-order valence-electron chi connectivity index (χ0n) is 17.0. The van der Waals surface area contributed by atoms with Crippen LogP contribution in [-0.2, 0) is 11.2 Å². The van der Waals surface area contributed by atoms with Crippen molar-refractivity contribution in [2.45, 2.75) is 64.0 Å². The van der Waals surface area contributed by atoms with Crippen molar-refractivity contribution in [3.05, 3.63) is 23.8 Å². The zero-order valence-corrected chi connectivity index (χ0v) is 17.0. The van der Waals surface area contributed by atoms with Gasteiger partial charge in [-0.1, -0.05) is 25.3 Å². The maximum Gasteiger partial charge on any atom is 0.422 e. The van der Waals surface area contributed by atoms with Gasteiger partial charge in [0, 0.05) is 19.5 Å². The van der Waals surface area contributed by atoms with Crippen LogP contribution >= 0.6 is 0 Å². The second kappa shape index (κ2) is 9.26. The molecule has 1 spiro atoms. The number of benzene rings is 1. The largest absolute Gasteiger partial charge is 0.493 e. The van der Waals surface area contributed by atoms with Crippen LogP contribution in [0.5, 0.6) is 11.5 Å². The van der Waals surface area contributed by atoms with Gasteiger partial charge >= 0.3 is 6.18 Å². The molecular weight excluding hydrogens is 383 g/mol. The van der Waals surface area contributed by atoms with E-state index in [9.17, 15) is 18.0 Å². The summed E-state index contributed by atoms with van der Waals surface area (Å²) >= 11 is 0. The Morgan fingerprint density at radius 2 is 1.76 bits per heavy atom. The van der Waals surface area contributed by atoms with E-state index in [1.54, 1.807) is 12.1 Å². The number of piperidine rings is 1. The molecule has 0 bridgehead atoms. The highest BCUT2D eigenvalue weighted by atomic mass is 19.4. The second-order valence-electron chi connectivity index (χ2n) is 8.33. The summed E-state index contributed by atoms with van der Waals surface area (Å²) in [5, 5.41) is 0. The smallest absolute Gasteiger partial charge is 0.422 e. The fourth-order valence-electron chi connectivity index (χ4n) is 4.59. The van der Waals surface area contributed by atoms with Gasteiger partial charge in [-0.25, -0.2) is 0 Å². The number of hydrogen-bond acceptors (Lipinski definition) is 3. The van der Waals surface area contributed by atoms with E-state index in [-0.39, 0.29) is 17.4 Å². The van der Waals surface area contributed by atoms with E-state index in [0.717, 1.165) is 31.5 Å². The Hall–Kier alpha value is -1.92. The molecule has 0 atom stereocenters. The monoisotopic (exact) mass is 413 g/mol. The molecule has 1 amide bonds. The topological polar surface area (TPSA) is 38.8 Å². The first-order chi connectivity index (χ1) is 13.8. The van der Waals surface area contributed by atoms with Gasteiger partial charge < -0.3 is 14.4 Å². The van der Waals surface area contributed by atoms with E-state index in [2.05, 4.69) is 0 Å². The van der Waals surface area contributed by atoms with E-state index in [4.69, 9.17) is 9.47 Å². The zero-order chi connectivity index (χ0) is 20.9. The van der Waals surface area contributed by atoms with Gasteiger partial charge in [-0.2, -0.15) is 13.2 Å². The molecule has 1 aliphatic heterocycles. The molecule has 0 radical (unpaired) electrons. The third-order valence-electron chi connectivity index (χ3n) is 6.34. The molecule has 1 saturated carbocycles. The first-order valence-corrected chi connectivity index (χ1v) is 10.4. The first kappa shape index (κ1) is 21.8. The van der Waals surface area contributed by atoms with E-state index < -0.39 is 12.8 Å². The molecule has 1 aliphatic carbocycles. The molecule has 0 unspecified atom stereocenters. The van der Waals surface area contributed by atoms with Crippen LogP contribution in [0.1, 0.15) is 56.9 Å².